The number of benzene rings is 1. The minimum Gasteiger partial charge on any atom is -0.355 e. The Labute approximate surface area is 153 Å². The van der Waals surface area contributed by atoms with Crippen molar-refractivity contribution in [2.24, 2.45) is 4.99 Å². The minimum absolute atomic E-state index is 0.00673. The van der Waals surface area contributed by atoms with Crippen molar-refractivity contribution in [3.05, 3.63) is 34.9 Å². The van der Waals surface area contributed by atoms with Gasteiger partial charge in [-0.15, -0.1) is 0 Å². The van der Waals surface area contributed by atoms with Crippen LogP contribution in [0.1, 0.15) is 5.56 Å². The van der Waals surface area contributed by atoms with E-state index in [-0.39, 0.29) is 24.7 Å². The third kappa shape index (κ3) is 6.21. The van der Waals surface area contributed by atoms with Gasteiger partial charge >= 0.3 is 0 Å². The summed E-state index contributed by atoms with van der Waals surface area (Å²) >= 11 is 5.88. The molecule has 1 amide bonds. The van der Waals surface area contributed by atoms with Crippen molar-refractivity contribution in [2.45, 2.75) is 6.54 Å². The average molecular weight is 387 g/mol. The highest BCUT2D eigenvalue weighted by Crippen LogP contribution is 2.13. The molecule has 1 fully saturated rings. The second kappa shape index (κ2) is 8.53. The van der Waals surface area contributed by atoms with Crippen LogP contribution in [0.4, 0.5) is 0 Å². The molecule has 0 unspecified atom stereocenters. The molecule has 1 aromatic carbocycles. The predicted octanol–water partition coefficient (Wildman–Crippen LogP) is 0.604. The number of hydrogen-bond acceptors (Lipinski definition) is 4. The average Bonchev–Trinajstić information content (AvgIpc) is 2.54. The lowest BCUT2D eigenvalue weighted by Crippen LogP contribution is -2.55. The normalized spacial score (nSPS) is 16.3. The second-order valence-corrected chi connectivity index (χ2v) is 8.66. The quantitative estimate of drug-likeness (QED) is 0.592. The standard InChI is InChI=1S/C16H23ClN4O3S/c1-18-16(19-7-10-25(2,23)24)21-9-8-20(15(22)12-21)11-13-3-5-14(17)6-4-13/h3-6H,7-12H2,1-2H3,(H,18,19). The summed E-state index contributed by atoms with van der Waals surface area (Å²) in [6, 6.07) is 7.44. The molecule has 1 saturated heterocycles. The van der Waals surface area contributed by atoms with E-state index in [1.54, 1.807) is 11.9 Å². The Bertz CT molecular complexity index is 734. The molecule has 1 aromatic rings. The molecule has 0 spiro atoms. The summed E-state index contributed by atoms with van der Waals surface area (Å²) in [6.07, 6.45) is 1.19. The van der Waals surface area contributed by atoms with Crippen LogP contribution in [0, 0.1) is 0 Å². The Morgan fingerprint density at radius 2 is 1.96 bits per heavy atom. The summed E-state index contributed by atoms with van der Waals surface area (Å²) in [5.74, 6) is 0.576. The third-order valence-electron chi connectivity index (χ3n) is 3.87. The summed E-state index contributed by atoms with van der Waals surface area (Å²) in [5.41, 5.74) is 1.03. The van der Waals surface area contributed by atoms with E-state index in [1.165, 1.54) is 6.26 Å². The Balaban J connectivity index is 1.89. The molecular formula is C16H23ClN4O3S. The van der Waals surface area contributed by atoms with Crippen LogP contribution in [0.25, 0.3) is 0 Å². The fourth-order valence-corrected chi connectivity index (χ4v) is 3.15. The van der Waals surface area contributed by atoms with Gasteiger partial charge in [0.05, 0.1) is 12.3 Å². The van der Waals surface area contributed by atoms with Crippen molar-refractivity contribution >= 4 is 33.3 Å². The first-order chi connectivity index (χ1) is 11.8. The molecule has 0 aliphatic carbocycles. The molecule has 1 N–H and O–H groups in total. The number of hydrogen-bond donors (Lipinski definition) is 1. The van der Waals surface area contributed by atoms with Crippen LogP contribution in [-0.4, -0.2) is 75.3 Å². The first-order valence-corrected chi connectivity index (χ1v) is 10.4. The highest BCUT2D eigenvalue weighted by Gasteiger charge is 2.25. The molecule has 0 atom stereocenters. The highest BCUT2D eigenvalue weighted by atomic mass is 35.5. The van der Waals surface area contributed by atoms with Crippen molar-refractivity contribution in [3.8, 4) is 0 Å². The molecule has 0 aromatic heterocycles. The molecule has 0 bridgehead atoms. The lowest BCUT2D eigenvalue weighted by atomic mass is 10.2. The smallest absolute Gasteiger partial charge is 0.242 e. The fraction of sp³-hybridized carbons (Fsp3) is 0.500. The number of piperazine rings is 1. The van der Waals surface area contributed by atoms with Gasteiger partial charge in [-0.2, -0.15) is 0 Å². The van der Waals surface area contributed by atoms with Gasteiger partial charge in [0.2, 0.25) is 5.91 Å². The number of nitrogens with zero attached hydrogens (tertiary/aromatic N) is 3. The molecule has 9 heteroatoms. The first-order valence-electron chi connectivity index (χ1n) is 7.94. The van der Waals surface area contributed by atoms with Crippen molar-refractivity contribution in [2.75, 3.05) is 45.2 Å². The highest BCUT2D eigenvalue weighted by molar-refractivity contribution is 7.90. The van der Waals surface area contributed by atoms with Crippen LogP contribution in [0.2, 0.25) is 5.02 Å². The van der Waals surface area contributed by atoms with Crippen LogP contribution in [0.15, 0.2) is 29.3 Å². The van der Waals surface area contributed by atoms with Gasteiger partial charge in [0.25, 0.3) is 0 Å². The molecule has 2 rings (SSSR count). The molecule has 138 valence electrons. The predicted molar refractivity (Wildman–Crippen MR) is 99.5 cm³/mol. The van der Waals surface area contributed by atoms with Crippen LogP contribution in [-0.2, 0) is 21.2 Å². The third-order valence-corrected chi connectivity index (χ3v) is 5.07. The Kier molecular flexibility index (Phi) is 6.66. The number of nitrogens with one attached hydrogen (secondary N) is 1. The van der Waals surface area contributed by atoms with E-state index in [0.29, 0.717) is 30.6 Å². The van der Waals surface area contributed by atoms with Crippen molar-refractivity contribution < 1.29 is 13.2 Å². The van der Waals surface area contributed by atoms with E-state index in [2.05, 4.69) is 10.3 Å². The Hall–Kier alpha value is -1.80. The van der Waals surface area contributed by atoms with Crippen LogP contribution in [0.5, 0.6) is 0 Å². The maximum atomic E-state index is 12.4. The van der Waals surface area contributed by atoms with Gasteiger partial charge in [0.15, 0.2) is 5.96 Å². The summed E-state index contributed by atoms with van der Waals surface area (Å²) in [4.78, 5) is 20.2. The lowest BCUT2D eigenvalue weighted by molar-refractivity contribution is -0.135. The van der Waals surface area contributed by atoms with Crippen molar-refractivity contribution in [3.63, 3.8) is 0 Å². The van der Waals surface area contributed by atoms with Gasteiger partial charge in [-0.3, -0.25) is 9.79 Å². The number of halogens is 1. The Morgan fingerprint density at radius 1 is 1.28 bits per heavy atom. The van der Waals surface area contributed by atoms with Crippen molar-refractivity contribution in [1.82, 2.24) is 15.1 Å². The number of guanidine groups is 1. The van der Waals surface area contributed by atoms with Gasteiger partial charge in [0.1, 0.15) is 9.84 Å². The number of amides is 1. The van der Waals surface area contributed by atoms with E-state index in [4.69, 9.17) is 11.6 Å². The molecule has 7 nitrogen and oxygen atoms in total. The van der Waals surface area contributed by atoms with Crippen LogP contribution in [0.3, 0.4) is 0 Å². The van der Waals surface area contributed by atoms with Crippen LogP contribution >= 0.6 is 11.6 Å². The van der Waals surface area contributed by atoms with Crippen LogP contribution < -0.4 is 5.32 Å². The second-order valence-electron chi connectivity index (χ2n) is 5.97. The van der Waals surface area contributed by atoms with E-state index >= 15 is 0 Å². The van der Waals surface area contributed by atoms with E-state index in [1.807, 2.05) is 29.2 Å². The van der Waals surface area contributed by atoms with E-state index in [0.717, 1.165) is 5.56 Å². The van der Waals surface area contributed by atoms with Crippen molar-refractivity contribution in [1.29, 1.82) is 0 Å². The zero-order valence-electron chi connectivity index (χ0n) is 14.4. The van der Waals surface area contributed by atoms with Gasteiger partial charge in [-0.1, -0.05) is 23.7 Å². The maximum Gasteiger partial charge on any atom is 0.242 e. The first kappa shape index (κ1) is 19.5. The molecule has 0 radical (unpaired) electrons. The molecule has 1 aliphatic rings. The largest absolute Gasteiger partial charge is 0.355 e. The number of carbonyl (C=O) groups excluding carboxylic acids is 1. The molecule has 25 heavy (non-hydrogen) atoms. The SMILES string of the molecule is CN=C(NCCS(C)(=O)=O)N1CCN(Cc2ccc(Cl)cc2)C(=O)C1. The molecular weight excluding hydrogens is 364 g/mol. The van der Waals surface area contributed by atoms with Gasteiger partial charge < -0.3 is 15.1 Å². The van der Waals surface area contributed by atoms with Gasteiger partial charge in [0, 0.05) is 44.5 Å². The number of carbonyl (C=O) groups is 1. The summed E-state index contributed by atoms with van der Waals surface area (Å²) in [5, 5.41) is 3.67. The lowest BCUT2D eigenvalue weighted by Gasteiger charge is -2.36. The number of sulfone groups is 1. The zero-order chi connectivity index (χ0) is 18.4. The molecule has 1 aliphatic heterocycles. The number of rotatable bonds is 5. The fourth-order valence-electron chi connectivity index (χ4n) is 2.55. The molecule has 0 saturated carbocycles. The topological polar surface area (TPSA) is 82.1 Å². The number of aliphatic imine (C=N–C) groups is 1. The monoisotopic (exact) mass is 386 g/mol. The molecule has 1 heterocycles. The van der Waals surface area contributed by atoms with E-state index in [9.17, 15) is 13.2 Å². The Morgan fingerprint density at radius 3 is 2.52 bits per heavy atom. The van der Waals surface area contributed by atoms with Gasteiger partial charge in [-0.05, 0) is 17.7 Å². The summed E-state index contributed by atoms with van der Waals surface area (Å²) in [6.45, 7) is 2.24. The zero-order valence-corrected chi connectivity index (χ0v) is 16.0. The summed E-state index contributed by atoms with van der Waals surface area (Å²) in [7, 11) is -1.42. The maximum absolute atomic E-state index is 12.4. The van der Waals surface area contributed by atoms with E-state index < -0.39 is 9.84 Å². The minimum atomic E-state index is -3.04. The van der Waals surface area contributed by atoms with Gasteiger partial charge in [-0.25, -0.2) is 8.42 Å². The summed E-state index contributed by atoms with van der Waals surface area (Å²) < 4.78 is 22.4.